The van der Waals surface area contributed by atoms with Gasteiger partial charge in [0.05, 0.1) is 6.54 Å². The van der Waals surface area contributed by atoms with E-state index in [1.54, 1.807) is 42.5 Å². The Bertz CT molecular complexity index is 1290. The lowest BCUT2D eigenvalue weighted by Crippen LogP contribution is -2.39. The van der Waals surface area contributed by atoms with E-state index in [-0.39, 0.29) is 24.8 Å². The van der Waals surface area contributed by atoms with Crippen LogP contribution in [-0.2, 0) is 11.3 Å². The number of hydrogen-bond acceptors (Lipinski definition) is 6. The van der Waals surface area contributed by atoms with Crippen molar-refractivity contribution >= 4 is 23.2 Å². The van der Waals surface area contributed by atoms with Crippen LogP contribution >= 0.6 is 0 Å². The van der Waals surface area contributed by atoms with Crippen molar-refractivity contribution in [1.29, 1.82) is 0 Å². The number of fused-ring (bicyclic) bond motifs is 1. The summed E-state index contributed by atoms with van der Waals surface area (Å²) in [6.07, 6.45) is 1.08. The number of H-pyrrole nitrogens is 1. The Balaban J connectivity index is 1.58. The van der Waals surface area contributed by atoms with Crippen molar-refractivity contribution in [2.45, 2.75) is 13.5 Å². The lowest BCUT2D eigenvalue weighted by Gasteiger charge is -2.10. The molecule has 3 N–H and O–H groups in total. The van der Waals surface area contributed by atoms with E-state index in [1.807, 2.05) is 0 Å². The second kappa shape index (κ2) is 8.19. The fraction of sp³-hybridized carbons (Fsp3) is 0.143. The quantitative estimate of drug-likeness (QED) is 0.571. The molecule has 0 saturated heterocycles. The molecule has 0 spiro atoms. The van der Waals surface area contributed by atoms with Crippen molar-refractivity contribution < 1.29 is 19.1 Å². The minimum atomic E-state index is -0.739. The van der Waals surface area contributed by atoms with Gasteiger partial charge in [0.25, 0.3) is 11.5 Å². The molecule has 31 heavy (non-hydrogen) atoms. The first-order valence-electron chi connectivity index (χ1n) is 9.31. The number of anilines is 2. The zero-order valence-corrected chi connectivity index (χ0v) is 16.4. The van der Waals surface area contributed by atoms with Crippen LogP contribution in [0.3, 0.4) is 0 Å². The Morgan fingerprint density at radius 2 is 1.77 bits per heavy atom. The second-order valence-corrected chi connectivity index (χ2v) is 6.80. The number of carbonyl (C=O) groups excluding carboxylic acids is 2. The number of nitrogens with one attached hydrogen (secondary N) is 3. The number of carbonyl (C=O) groups is 2. The number of aromatic amines is 1. The fourth-order valence-corrected chi connectivity index (χ4v) is 3.12. The van der Waals surface area contributed by atoms with Crippen molar-refractivity contribution in [3.63, 3.8) is 0 Å². The van der Waals surface area contributed by atoms with E-state index < -0.39 is 17.2 Å². The Labute approximate surface area is 175 Å². The van der Waals surface area contributed by atoms with Gasteiger partial charge in [-0.25, -0.2) is 4.79 Å². The number of aromatic nitrogens is 2. The number of nitrogens with zero attached hydrogens (tertiary/aromatic N) is 1. The van der Waals surface area contributed by atoms with Crippen molar-refractivity contribution in [3.05, 3.63) is 80.6 Å². The molecule has 0 radical (unpaired) electrons. The van der Waals surface area contributed by atoms with E-state index in [0.717, 1.165) is 10.8 Å². The predicted molar refractivity (Wildman–Crippen MR) is 112 cm³/mol. The average molecular weight is 422 g/mol. The van der Waals surface area contributed by atoms with Crippen LogP contribution in [0.2, 0.25) is 0 Å². The number of amides is 2. The third-order valence-electron chi connectivity index (χ3n) is 4.52. The molecular weight excluding hydrogens is 404 g/mol. The molecule has 2 heterocycles. The number of rotatable bonds is 5. The van der Waals surface area contributed by atoms with Gasteiger partial charge in [0.15, 0.2) is 11.5 Å². The van der Waals surface area contributed by atoms with Crippen molar-refractivity contribution in [1.82, 2.24) is 9.55 Å². The fourth-order valence-electron chi connectivity index (χ4n) is 3.12. The van der Waals surface area contributed by atoms with Crippen LogP contribution in [0.25, 0.3) is 0 Å². The van der Waals surface area contributed by atoms with E-state index in [4.69, 9.17) is 9.47 Å². The van der Waals surface area contributed by atoms with Crippen LogP contribution < -0.4 is 31.4 Å². The molecule has 0 bridgehead atoms. The first kappa shape index (κ1) is 20.0. The number of ether oxygens (including phenoxy) is 2. The monoisotopic (exact) mass is 422 g/mol. The Hall–Kier alpha value is -4.34. The lowest BCUT2D eigenvalue weighted by molar-refractivity contribution is -0.114. The van der Waals surface area contributed by atoms with E-state index in [9.17, 15) is 19.2 Å². The zero-order chi connectivity index (χ0) is 22.0. The molecule has 0 aliphatic carbocycles. The largest absolute Gasteiger partial charge is 0.454 e. The summed E-state index contributed by atoms with van der Waals surface area (Å²) in [6.45, 7) is 1.43. The zero-order valence-electron chi connectivity index (χ0n) is 16.4. The summed E-state index contributed by atoms with van der Waals surface area (Å²) in [5, 5.41) is 5.20. The SMILES string of the molecule is CC(=O)Nc1cccc(NC(=O)c2c[nH]c(=O)n(Cc3ccc4c(c3)OCO4)c2=O)c1. The molecule has 4 rings (SSSR count). The molecule has 158 valence electrons. The van der Waals surface area contributed by atoms with Crippen molar-refractivity contribution in [2.24, 2.45) is 0 Å². The van der Waals surface area contributed by atoms with Crippen molar-refractivity contribution in [2.75, 3.05) is 17.4 Å². The van der Waals surface area contributed by atoms with Gasteiger partial charge >= 0.3 is 5.69 Å². The third kappa shape index (κ3) is 4.32. The summed E-state index contributed by atoms with van der Waals surface area (Å²) < 4.78 is 11.5. The minimum absolute atomic E-state index is 0.0516. The molecule has 0 saturated carbocycles. The molecule has 3 aromatic rings. The molecule has 0 fully saturated rings. The van der Waals surface area contributed by atoms with Crippen LogP contribution in [0.15, 0.2) is 58.3 Å². The van der Waals surface area contributed by atoms with E-state index in [2.05, 4.69) is 15.6 Å². The van der Waals surface area contributed by atoms with Crippen LogP contribution in [0.5, 0.6) is 11.5 Å². The van der Waals surface area contributed by atoms with Gasteiger partial charge in [-0.3, -0.25) is 19.0 Å². The number of benzene rings is 2. The molecule has 2 aromatic carbocycles. The highest BCUT2D eigenvalue weighted by atomic mass is 16.7. The molecule has 10 heteroatoms. The van der Waals surface area contributed by atoms with Gasteiger partial charge < -0.3 is 25.1 Å². The van der Waals surface area contributed by atoms with E-state index in [1.165, 1.54) is 6.92 Å². The van der Waals surface area contributed by atoms with Gasteiger partial charge in [0.2, 0.25) is 12.7 Å². The first-order valence-corrected chi connectivity index (χ1v) is 9.31. The topological polar surface area (TPSA) is 132 Å². The summed E-state index contributed by atoms with van der Waals surface area (Å²) in [7, 11) is 0. The Morgan fingerprint density at radius 3 is 2.55 bits per heavy atom. The van der Waals surface area contributed by atoms with Gasteiger partial charge in [-0.05, 0) is 35.9 Å². The maximum Gasteiger partial charge on any atom is 0.328 e. The van der Waals surface area contributed by atoms with E-state index >= 15 is 0 Å². The van der Waals surface area contributed by atoms with Crippen LogP contribution in [-0.4, -0.2) is 28.2 Å². The first-order chi connectivity index (χ1) is 14.9. The highest BCUT2D eigenvalue weighted by Gasteiger charge is 2.17. The Kier molecular flexibility index (Phi) is 5.27. The third-order valence-corrected chi connectivity index (χ3v) is 4.52. The number of hydrogen-bond donors (Lipinski definition) is 3. The van der Waals surface area contributed by atoms with Gasteiger partial charge in [-0.2, -0.15) is 0 Å². The maximum absolute atomic E-state index is 12.8. The lowest BCUT2D eigenvalue weighted by atomic mass is 10.2. The minimum Gasteiger partial charge on any atom is -0.454 e. The van der Waals surface area contributed by atoms with Crippen LogP contribution in [0.1, 0.15) is 22.8 Å². The van der Waals surface area contributed by atoms with E-state index in [0.29, 0.717) is 28.4 Å². The molecular formula is C21H18N4O6. The molecule has 1 aliphatic rings. The summed E-state index contributed by atoms with van der Waals surface area (Å²) in [4.78, 5) is 51.4. The summed E-state index contributed by atoms with van der Waals surface area (Å²) in [5.74, 6) is 0.158. The van der Waals surface area contributed by atoms with Crippen LogP contribution in [0.4, 0.5) is 11.4 Å². The van der Waals surface area contributed by atoms with Gasteiger partial charge in [-0.1, -0.05) is 12.1 Å². The van der Waals surface area contributed by atoms with Gasteiger partial charge in [0, 0.05) is 24.5 Å². The standard InChI is InChI=1S/C21H18N4O6/c1-12(26)23-14-3-2-4-15(8-14)24-19(27)16-9-22-21(29)25(20(16)28)10-13-5-6-17-18(7-13)31-11-30-17/h2-9H,10-11H2,1H3,(H,22,29)(H,23,26)(H,24,27). The maximum atomic E-state index is 12.8. The molecule has 1 aromatic heterocycles. The molecule has 2 amide bonds. The van der Waals surface area contributed by atoms with Gasteiger partial charge in [-0.15, -0.1) is 0 Å². The average Bonchev–Trinajstić information content (AvgIpc) is 3.18. The second-order valence-electron chi connectivity index (χ2n) is 6.80. The Morgan fingerprint density at radius 1 is 1.03 bits per heavy atom. The summed E-state index contributed by atoms with van der Waals surface area (Å²) in [6, 6.07) is 11.5. The molecule has 0 atom stereocenters. The molecule has 0 unspecified atom stereocenters. The predicted octanol–water partition coefficient (Wildman–Crippen LogP) is 1.52. The highest BCUT2D eigenvalue weighted by Crippen LogP contribution is 2.32. The van der Waals surface area contributed by atoms with Crippen LogP contribution in [0, 0.1) is 0 Å². The summed E-state index contributed by atoms with van der Waals surface area (Å²) in [5.41, 5.74) is -0.109. The smallest absolute Gasteiger partial charge is 0.328 e. The van der Waals surface area contributed by atoms with Gasteiger partial charge in [0.1, 0.15) is 5.56 Å². The summed E-state index contributed by atoms with van der Waals surface area (Å²) >= 11 is 0. The highest BCUT2D eigenvalue weighted by molar-refractivity contribution is 6.04. The van der Waals surface area contributed by atoms with Crippen molar-refractivity contribution in [3.8, 4) is 11.5 Å². The normalized spacial score (nSPS) is 11.8. The molecule has 10 nitrogen and oxygen atoms in total. The molecule has 1 aliphatic heterocycles.